The van der Waals surface area contributed by atoms with Crippen LogP contribution < -0.4 is 4.74 Å². The summed E-state index contributed by atoms with van der Waals surface area (Å²) in [5.74, 6) is 0.404. The number of carbonyl (C=O) groups excluding carboxylic acids is 1. The number of hydrogen-bond acceptors (Lipinski definition) is 3. The van der Waals surface area contributed by atoms with Gasteiger partial charge < -0.3 is 4.74 Å². The third kappa shape index (κ3) is 2.18. The summed E-state index contributed by atoms with van der Waals surface area (Å²) in [6.07, 6.45) is 1.54. The SMILES string of the molecule is COc1cnn(C)c1C(=O)c1ccc(Br)cc1C. The van der Waals surface area contributed by atoms with E-state index in [-0.39, 0.29) is 5.78 Å². The van der Waals surface area contributed by atoms with E-state index in [9.17, 15) is 4.79 Å². The number of nitrogens with zero attached hydrogens (tertiary/aromatic N) is 2. The minimum atomic E-state index is -0.0862. The number of ether oxygens (including phenoxy) is 1. The van der Waals surface area contributed by atoms with Gasteiger partial charge in [-0.05, 0) is 30.7 Å². The highest BCUT2D eigenvalue weighted by atomic mass is 79.9. The summed E-state index contributed by atoms with van der Waals surface area (Å²) in [4.78, 5) is 12.5. The number of methoxy groups -OCH3 is 1. The van der Waals surface area contributed by atoms with Crippen molar-refractivity contribution in [2.45, 2.75) is 6.92 Å². The number of aryl methyl sites for hydroxylation is 2. The summed E-state index contributed by atoms with van der Waals surface area (Å²) in [5.41, 5.74) is 2.03. The van der Waals surface area contributed by atoms with Crippen LogP contribution in [0.3, 0.4) is 0 Å². The average Bonchev–Trinajstić information content (AvgIpc) is 2.69. The Hall–Kier alpha value is -1.62. The van der Waals surface area contributed by atoms with Crippen molar-refractivity contribution in [1.29, 1.82) is 0 Å². The Balaban J connectivity index is 2.51. The number of hydrogen-bond donors (Lipinski definition) is 0. The van der Waals surface area contributed by atoms with Gasteiger partial charge in [-0.25, -0.2) is 0 Å². The van der Waals surface area contributed by atoms with Gasteiger partial charge in [0.15, 0.2) is 11.4 Å². The number of ketones is 1. The van der Waals surface area contributed by atoms with E-state index in [0.717, 1.165) is 10.0 Å². The first-order valence-corrected chi connectivity index (χ1v) is 6.20. The number of benzene rings is 1. The first kappa shape index (κ1) is 12.8. The van der Waals surface area contributed by atoms with Crippen LogP contribution in [0, 0.1) is 6.92 Å². The summed E-state index contributed by atoms with van der Waals surface area (Å²) in [7, 11) is 3.26. The van der Waals surface area contributed by atoms with Crippen molar-refractivity contribution in [3.05, 3.63) is 45.7 Å². The minimum Gasteiger partial charge on any atom is -0.493 e. The van der Waals surface area contributed by atoms with E-state index in [4.69, 9.17) is 4.74 Å². The van der Waals surface area contributed by atoms with Crippen LogP contribution >= 0.6 is 15.9 Å². The summed E-state index contributed by atoms with van der Waals surface area (Å²) < 4.78 is 7.64. The van der Waals surface area contributed by atoms with E-state index in [0.29, 0.717) is 17.0 Å². The van der Waals surface area contributed by atoms with Gasteiger partial charge in [-0.15, -0.1) is 0 Å². The molecule has 0 N–H and O–H groups in total. The molecule has 0 bridgehead atoms. The van der Waals surface area contributed by atoms with Gasteiger partial charge in [0.2, 0.25) is 5.78 Å². The highest BCUT2D eigenvalue weighted by Gasteiger charge is 2.20. The topological polar surface area (TPSA) is 44.1 Å². The molecule has 0 unspecified atom stereocenters. The molecule has 0 amide bonds. The quantitative estimate of drug-likeness (QED) is 0.819. The van der Waals surface area contributed by atoms with Gasteiger partial charge >= 0.3 is 0 Å². The van der Waals surface area contributed by atoms with Gasteiger partial charge in [0.05, 0.1) is 13.3 Å². The summed E-state index contributed by atoms with van der Waals surface area (Å²) >= 11 is 3.38. The molecule has 0 saturated carbocycles. The maximum absolute atomic E-state index is 12.5. The van der Waals surface area contributed by atoms with E-state index in [1.165, 1.54) is 11.8 Å². The van der Waals surface area contributed by atoms with Gasteiger partial charge in [-0.2, -0.15) is 5.10 Å². The predicted molar refractivity (Wildman–Crippen MR) is 72.1 cm³/mol. The van der Waals surface area contributed by atoms with Crippen LogP contribution in [0.5, 0.6) is 5.75 Å². The fraction of sp³-hybridized carbons (Fsp3) is 0.231. The fourth-order valence-electron chi connectivity index (χ4n) is 1.84. The Bertz CT molecular complexity index is 605. The molecule has 4 nitrogen and oxygen atoms in total. The smallest absolute Gasteiger partial charge is 0.215 e. The Labute approximate surface area is 114 Å². The maximum atomic E-state index is 12.5. The first-order valence-electron chi connectivity index (χ1n) is 5.41. The van der Waals surface area contributed by atoms with Gasteiger partial charge in [0, 0.05) is 17.1 Å². The molecule has 5 heteroatoms. The summed E-state index contributed by atoms with van der Waals surface area (Å²) in [6, 6.07) is 5.56. The fourth-order valence-corrected chi connectivity index (χ4v) is 2.31. The van der Waals surface area contributed by atoms with Crippen LogP contribution in [0.25, 0.3) is 0 Å². The molecular formula is C13H13BrN2O2. The monoisotopic (exact) mass is 308 g/mol. The second-order valence-electron chi connectivity index (χ2n) is 3.97. The second kappa shape index (κ2) is 4.94. The lowest BCUT2D eigenvalue weighted by Gasteiger charge is -2.07. The van der Waals surface area contributed by atoms with Gasteiger partial charge in [0.25, 0.3) is 0 Å². The third-order valence-corrected chi connectivity index (χ3v) is 3.27. The van der Waals surface area contributed by atoms with Crippen molar-refractivity contribution in [2.24, 2.45) is 7.05 Å². The van der Waals surface area contributed by atoms with Crippen molar-refractivity contribution in [3.8, 4) is 5.75 Å². The van der Waals surface area contributed by atoms with E-state index in [1.807, 2.05) is 19.1 Å². The Kier molecular flexibility index (Phi) is 3.52. The van der Waals surface area contributed by atoms with Crippen molar-refractivity contribution < 1.29 is 9.53 Å². The van der Waals surface area contributed by atoms with E-state index in [1.54, 1.807) is 19.3 Å². The maximum Gasteiger partial charge on any atom is 0.215 e. The van der Waals surface area contributed by atoms with Crippen molar-refractivity contribution in [3.63, 3.8) is 0 Å². The highest BCUT2D eigenvalue weighted by Crippen LogP contribution is 2.23. The molecule has 0 aliphatic rings. The molecule has 0 saturated heterocycles. The molecule has 0 radical (unpaired) electrons. The molecule has 0 aliphatic carbocycles. The lowest BCUT2D eigenvalue weighted by Crippen LogP contribution is -2.11. The second-order valence-corrected chi connectivity index (χ2v) is 4.89. The van der Waals surface area contributed by atoms with Gasteiger partial charge in [-0.1, -0.05) is 15.9 Å². The van der Waals surface area contributed by atoms with E-state index in [2.05, 4.69) is 21.0 Å². The normalized spacial score (nSPS) is 10.4. The predicted octanol–water partition coefficient (Wildman–Crippen LogP) is 2.73. The third-order valence-electron chi connectivity index (χ3n) is 2.77. The molecule has 0 fully saturated rings. The number of carbonyl (C=O) groups is 1. The average molecular weight is 309 g/mol. The highest BCUT2D eigenvalue weighted by molar-refractivity contribution is 9.10. The van der Waals surface area contributed by atoms with Gasteiger partial charge in [0.1, 0.15) is 0 Å². The molecule has 2 rings (SSSR count). The lowest BCUT2D eigenvalue weighted by molar-refractivity contribution is 0.102. The number of rotatable bonds is 3. The van der Waals surface area contributed by atoms with Crippen molar-refractivity contribution in [2.75, 3.05) is 7.11 Å². The standard InChI is InChI=1S/C13H13BrN2O2/c1-8-6-9(14)4-5-10(8)13(17)12-11(18-3)7-15-16(12)2/h4-7H,1-3H3. The van der Waals surface area contributed by atoms with Crippen LogP contribution in [0.15, 0.2) is 28.9 Å². The van der Waals surface area contributed by atoms with Crippen molar-refractivity contribution in [1.82, 2.24) is 9.78 Å². The molecule has 0 spiro atoms. The first-order chi connectivity index (χ1) is 8.54. The summed E-state index contributed by atoms with van der Waals surface area (Å²) in [6.45, 7) is 1.90. The molecule has 0 atom stereocenters. The lowest BCUT2D eigenvalue weighted by atomic mass is 10.0. The Morgan fingerprint density at radius 1 is 1.44 bits per heavy atom. The van der Waals surface area contributed by atoms with Crippen LogP contribution in [0.4, 0.5) is 0 Å². The molecule has 94 valence electrons. The largest absolute Gasteiger partial charge is 0.493 e. The Morgan fingerprint density at radius 2 is 2.17 bits per heavy atom. The van der Waals surface area contributed by atoms with Crippen LogP contribution in [0.1, 0.15) is 21.6 Å². The van der Waals surface area contributed by atoms with Crippen LogP contribution in [0.2, 0.25) is 0 Å². The van der Waals surface area contributed by atoms with E-state index >= 15 is 0 Å². The minimum absolute atomic E-state index is 0.0862. The van der Waals surface area contributed by atoms with E-state index < -0.39 is 0 Å². The molecular weight excluding hydrogens is 296 g/mol. The Morgan fingerprint density at radius 3 is 2.78 bits per heavy atom. The molecule has 1 aromatic carbocycles. The zero-order valence-electron chi connectivity index (χ0n) is 10.4. The number of halogens is 1. The van der Waals surface area contributed by atoms with Crippen LogP contribution in [-0.4, -0.2) is 22.7 Å². The zero-order valence-corrected chi connectivity index (χ0v) is 12.0. The zero-order chi connectivity index (χ0) is 13.3. The molecule has 2 aromatic rings. The molecule has 0 aliphatic heterocycles. The summed E-state index contributed by atoms with van der Waals surface area (Å²) in [5, 5.41) is 4.04. The molecule has 18 heavy (non-hydrogen) atoms. The van der Waals surface area contributed by atoms with Crippen LogP contribution in [-0.2, 0) is 7.05 Å². The molecule has 1 heterocycles. The van der Waals surface area contributed by atoms with Crippen molar-refractivity contribution >= 4 is 21.7 Å². The number of aromatic nitrogens is 2. The molecule has 1 aromatic heterocycles. The van der Waals surface area contributed by atoms with Gasteiger partial charge in [-0.3, -0.25) is 9.48 Å².